The SMILES string of the molecule is O=C(c1ccccc1)C(O)(NCCN1CCOCC1)c1cccc([N+](=O)[O-])c1. The van der Waals surface area contributed by atoms with Gasteiger partial charge in [-0.1, -0.05) is 42.5 Å². The molecule has 8 nitrogen and oxygen atoms in total. The van der Waals surface area contributed by atoms with Gasteiger partial charge >= 0.3 is 0 Å². The summed E-state index contributed by atoms with van der Waals surface area (Å²) >= 11 is 0. The summed E-state index contributed by atoms with van der Waals surface area (Å²) in [6.45, 7) is 3.81. The Hall–Kier alpha value is -2.65. The van der Waals surface area contributed by atoms with Crippen LogP contribution in [0.2, 0.25) is 0 Å². The summed E-state index contributed by atoms with van der Waals surface area (Å²) < 4.78 is 5.32. The number of nitro benzene ring substituents is 1. The molecule has 1 atom stereocenters. The van der Waals surface area contributed by atoms with E-state index < -0.39 is 16.4 Å². The highest BCUT2D eigenvalue weighted by molar-refractivity contribution is 6.02. The smallest absolute Gasteiger partial charge is 0.269 e. The maximum atomic E-state index is 13.1. The monoisotopic (exact) mass is 385 g/mol. The van der Waals surface area contributed by atoms with Crippen molar-refractivity contribution in [3.63, 3.8) is 0 Å². The molecule has 0 spiro atoms. The molecule has 2 N–H and O–H groups in total. The van der Waals surface area contributed by atoms with Crippen molar-refractivity contribution in [2.75, 3.05) is 39.4 Å². The lowest BCUT2D eigenvalue weighted by molar-refractivity contribution is -0.385. The van der Waals surface area contributed by atoms with Crippen LogP contribution >= 0.6 is 0 Å². The molecule has 1 heterocycles. The number of hydrogen-bond acceptors (Lipinski definition) is 7. The number of ketones is 1. The van der Waals surface area contributed by atoms with Crippen LogP contribution in [0.15, 0.2) is 54.6 Å². The van der Waals surface area contributed by atoms with Crippen LogP contribution in [0.25, 0.3) is 0 Å². The summed E-state index contributed by atoms with van der Waals surface area (Å²) in [5.41, 5.74) is -1.81. The Labute approximate surface area is 162 Å². The molecule has 2 aromatic carbocycles. The zero-order valence-electron chi connectivity index (χ0n) is 15.4. The van der Waals surface area contributed by atoms with Gasteiger partial charge in [0.05, 0.1) is 18.1 Å². The van der Waals surface area contributed by atoms with Crippen molar-refractivity contribution in [2.24, 2.45) is 0 Å². The first-order chi connectivity index (χ1) is 13.5. The van der Waals surface area contributed by atoms with E-state index in [9.17, 15) is 20.0 Å². The highest BCUT2D eigenvalue weighted by Crippen LogP contribution is 2.26. The van der Waals surface area contributed by atoms with E-state index in [1.54, 1.807) is 30.3 Å². The number of carbonyl (C=O) groups is 1. The number of aliphatic hydroxyl groups is 1. The average Bonchev–Trinajstić information content (AvgIpc) is 2.74. The zero-order valence-corrected chi connectivity index (χ0v) is 15.4. The first-order valence-corrected chi connectivity index (χ1v) is 9.13. The Bertz CT molecular complexity index is 824. The molecule has 8 heteroatoms. The minimum absolute atomic E-state index is 0.137. The molecule has 0 aromatic heterocycles. The van der Waals surface area contributed by atoms with E-state index in [1.807, 2.05) is 0 Å². The molecule has 3 rings (SSSR count). The van der Waals surface area contributed by atoms with Gasteiger partial charge in [-0.2, -0.15) is 0 Å². The van der Waals surface area contributed by atoms with E-state index in [1.165, 1.54) is 24.3 Å². The molecule has 0 radical (unpaired) electrons. The number of morpholine rings is 1. The number of carbonyl (C=O) groups excluding carboxylic acids is 1. The van der Waals surface area contributed by atoms with Gasteiger partial charge in [0.25, 0.3) is 5.69 Å². The number of nitrogens with one attached hydrogen (secondary N) is 1. The fourth-order valence-corrected chi connectivity index (χ4v) is 3.18. The largest absolute Gasteiger partial charge is 0.379 e. The number of Topliss-reactive ketones (excluding diaryl/α,β-unsaturated/α-hetero) is 1. The van der Waals surface area contributed by atoms with Crippen molar-refractivity contribution in [3.05, 3.63) is 75.8 Å². The van der Waals surface area contributed by atoms with E-state index in [2.05, 4.69) is 10.2 Å². The number of ether oxygens (including phenoxy) is 1. The molecule has 1 fully saturated rings. The van der Waals surface area contributed by atoms with Crippen LogP contribution in [-0.2, 0) is 10.5 Å². The Morgan fingerprint density at radius 1 is 1.18 bits per heavy atom. The van der Waals surface area contributed by atoms with Gasteiger partial charge in [0.15, 0.2) is 0 Å². The predicted molar refractivity (Wildman–Crippen MR) is 103 cm³/mol. The molecular weight excluding hydrogens is 362 g/mol. The van der Waals surface area contributed by atoms with E-state index in [-0.39, 0.29) is 11.3 Å². The van der Waals surface area contributed by atoms with Crippen LogP contribution in [0.5, 0.6) is 0 Å². The summed E-state index contributed by atoms with van der Waals surface area (Å²) in [5, 5.41) is 25.4. The molecule has 148 valence electrons. The van der Waals surface area contributed by atoms with Gasteiger partial charge < -0.3 is 9.84 Å². The fourth-order valence-electron chi connectivity index (χ4n) is 3.18. The normalized spacial score (nSPS) is 17.0. The molecule has 1 aliphatic rings. The first-order valence-electron chi connectivity index (χ1n) is 9.13. The highest BCUT2D eigenvalue weighted by Gasteiger charge is 2.39. The van der Waals surface area contributed by atoms with Gasteiger partial charge in [-0.25, -0.2) is 0 Å². The van der Waals surface area contributed by atoms with Crippen LogP contribution in [0.1, 0.15) is 15.9 Å². The van der Waals surface area contributed by atoms with Gasteiger partial charge in [-0.05, 0) is 0 Å². The lowest BCUT2D eigenvalue weighted by Gasteiger charge is -2.31. The standard InChI is InChI=1S/C20H23N3O5/c24-19(16-5-2-1-3-6-16)20(25,17-7-4-8-18(15-17)23(26)27)21-9-10-22-11-13-28-14-12-22/h1-8,15,21,25H,9-14H2. The Morgan fingerprint density at radius 2 is 1.89 bits per heavy atom. The first kappa shape index (κ1) is 20.1. The predicted octanol–water partition coefficient (Wildman–Crippen LogP) is 1.54. The van der Waals surface area contributed by atoms with Crippen molar-refractivity contribution in [1.29, 1.82) is 0 Å². The molecule has 1 unspecified atom stereocenters. The van der Waals surface area contributed by atoms with Crippen molar-refractivity contribution in [3.8, 4) is 0 Å². The van der Waals surface area contributed by atoms with Crippen LogP contribution in [-0.4, -0.2) is 60.1 Å². The van der Waals surface area contributed by atoms with Crippen LogP contribution in [0.4, 0.5) is 5.69 Å². The Morgan fingerprint density at radius 3 is 2.57 bits per heavy atom. The van der Waals surface area contributed by atoms with E-state index in [0.717, 1.165) is 13.1 Å². The average molecular weight is 385 g/mol. The number of benzene rings is 2. The maximum absolute atomic E-state index is 13.1. The minimum Gasteiger partial charge on any atom is -0.379 e. The molecule has 0 bridgehead atoms. The topological polar surface area (TPSA) is 105 Å². The van der Waals surface area contributed by atoms with Crippen LogP contribution in [0, 0.1) is 10.1 Å². The van der Waals surface area contributed by atoms with Gasteiger partial charge in [-0.15, -0.1) is 0 Å². The third kappa shape index (κ3) is 4.60. The summed E-state index contributed by atoms with van der Waals surface area (Å²) in [7, 11) is 0. The highest BCUT2D eigenvalue weighted by atomic mass is 16.6. The molecule has 28 heavy (non-hydrogen) atoms. The zero-order chi connectivity index (χ0) is 20.0. The van der Waals surface area contributed by atoms with Gasteiger partial charge in [0.1, 0.15) is 0 Å². The number of nitrogens with zero attached hydrogens (tertiary/aromatic N) is 2. The van der Waals surface area contributed by atoms with Crippen LogP contribution in [0.3, 0.4) is 0 Å². The van der Waals surface area contributed by atoms with E-state index in [4.69, 9.17) is 4.74 Å². The van der Waals surface area contributed by atoms with E-state index in [0.29, 0.717) is 31.9 Å². The fraction of sp³-hybridized carbons (Fsp3) is 0.350. The lowest BCUT2D eigenvalue weighted by Crippen LogP contribution is -2.52. The summed E-state index contributed by atoms with van der Waals surface area (Å²) in [4.78, 5) is 25.9. The lowest BCUT2D eigenvalue weighted by atomic mass is 9.93. The molecule has 0 amide bonds. The molecule has 0 aliphatic carbocycles. The number of non-ortho nitro benzene ring substituents is 1. The van der Waals surface area contributed by atoms with Gasteiger partial charge in [-0.3, -0.25) is 25.1 Å². The summed E-state index contributed by atoms with van der Waals surface area (Å²) in [5.74, 6) is -0.560. The van der Waals surface area contributed by atoms with E-state index >= 15 is 0 Å². The number of nitro groups is 1. The second-order valence-electron chi connectivity index (χ2n) is 6.59. The summed E-state index contributed by atoms with van der Waals surface area (Å²) in [6, 6.07) is 13.9. The molecule has 1 saturated heterocycles. The maximum Gasteiger partial charge on any atom is 0.269 e. The molecule has 0 saturated carbocycles. The minimum atomic E-state index is -2.07. The molecular formula is C20H23N3O5. The number of hydrogen-bond donors (Lipinski definition) is 2. The molecule has 2 aromatic rings. The van der Waals surface area contributed by atoms with Gasteiger partial charge in [0.2, 0.25) is 11.5 Å². The second-order valence-corrected chi connectivity index (χ2v) is 6.59. The van der Waals surface area contributed by atoms with Crippen molar-refractivity contribution < 1.29 is 19.6 Å². The third-order valence-electron chi connectivity index (χ3n) is 4.75. The second kappa shape index (κ2) is 9.03. The molecule has 1 aliphatic heterocycles. The Kier molecular flexibility index (Phi) is 6.48. The van der Waals surface area contributed by atoms with Crippen molar-refractivity contribution in [2.45, 2.75) is 5.72 Å². The Balaban J connectivity index is 1.85. The third-order valence-corrected chi connectivity index (χ3v) is 4.75. The van der Waals surface area contributed by atoms with Crippen molar-refractivity contribution >= 4 is 11.5 Å². The van der Waals surface area contributed by atoms with Crippen LogP contribution < -0.4 is 5.32 Å². The van der Waals surface area contributed by atoms with Crippen molar-refractivity contribution in [1.82, 2.24) is 10.2 Å². The van der Waals surface area contributed by atoms with Gasteiger partial charge in [0, 0.05) is 49.4 Å². The number of rotatable bonds is 8. The summed E-state index contributed by atoms with van der Waals surface area (Å²) in [6.07, 6.45) is 0. The quantitative estimate of drug-likeness (QED) is 0.307.